The van der Waals surface area contributed by atoms with Crippen LogP contribution >= 0.6 is 0 Å². The zero-order valence-electron chi connectivity index (χ0n) is 10.5. The van der Waals surface area contributed by atoms with Gasteiger partial charge in [0.15, 0.2) is 0 Å². The lowest BCUT2D eigenvalue weighted by Crippen LogP contribution is -2.44. The Hall–Kier alpha value is -0.570. The monoisotopic (exact) mass is 213 g/mol. The molecule has 0 heterocycles. The molecule has 3 unspecified atom stereocenters. The molecule has 1 rings (SSSR count). The summed E-state index contributed by atoms with van der Waals surface area (Å²) >= 11 is 0. The lowest BCUT2D eigenvalue weighted by atomic mass is 9.84. The van der Waals surface area contributed by atoms with E-state index in [2.05, 4.69) is 6.92 Å². The zero-order valence-corrected chi connectivity index (χ0v) is 10.5. The van der Waals surface area contributed by atoms with Crippen LogP contribution in [0.25, 0.3) is 0 Å². The summed E-state index contributed by atoms with van der Waals surface area (Å²) in [6.07, 6.45) is 1.75. The van der Waals surface area contributed by atoms with Gasteiger partial charge in [0.1, 0.15) is 5.60 Å². The van der Waals surface area contributed by atoms with E-state index in [4.69, 9.17) is 10.5 Å². The van der Waals surface area contributed by atoms with Crippen molar-refractivity contribution in [1.82, 2.24) is 0 Å². The molecule has 3 nitrogen and oxygen atoms in total. The number of hydrogen-bond donors (Lipinski definition) is 1. The molecular weight excluding hydrogens is 190 g/mol. The van der Waals surface area contributed by atoms with Crippen LogP contribution in [0.4, 0.5) is 0 Å². The first-order chi connectivity index (χ1) is 6.65. The number of ether oxygens (including phenoxy) is 1. The van der Waals surface area contributed by atoms with Crippen LogP contribution in [0.15, 0.2) is 0 Å². The molecule has 0 radical (unpaired) electrons. The zero-order chi connectivity index (χ0) is 11.9. The summed E-state index contributed by atoms with van der Waals surface area (Å²) < 4.78 is 5.42. The number of carbonyl (C=O) groups excluding carboxylic acids is 1. The minimum absolute atomic E-state index is 0.0673. The molecule has 2 N–H and O–H groups in total. The smallest absolute Gasteiger partial charge is 0.313 e. The first kappa shape index (κ1) is 12.5. The molecule has 0 aliphatic heterocycles. The van der Waals surface area contributed by atoms with Crippen LogP contribution < -0.4 is 5.73 Å². The van der Waals surface area contributed by atoms with Crippen molar-refractivity contribution in [3.05, 3.63) is 0 Å². The number of nitrogens with two attached hydrogens (primary N) is 1. The van der Waals surface area contributed by atoms with Crippen molar-refractivity contribution in [2.45, 2.75) is 59.1 Å². The molecule has 1 fully saturated rings. The maximum atomic E-state index is 12.0. The van der Waals surface area contributed by atoms with Crippen molar-refractivity contribution in [3.8, 4) is 0 Å². The molecule has 0 saturated heterocycles. The normalized spacial score (nSPS) is 36.7. The first-order valence-electron chi connectivity index (χ1n) is 5.64. The topological polar surface area (TPSA) is 52.3 Å². The van der Waals surface area contributed by atoms with Gasteiger partial charge in [-0.3, -0.25) is 4.79 Å². The van der Waals surface area contributed by atoms with E-state index in [-0.39, 0.29) is 12.0 Å². The van der Waals surface area contributed by atoms with Crippen molar-refractivity contribution in [3.63, 3.8) is 0 Å². The molecule has 88 valence electrons. The van der Waals surface area contributed by atoms with Gasteiger partial charge in [0.05, 0.1) is 5.41 Å². The highest BCUT2D eigenvalue weighted by atomic mass is 16.6. The Morgan fingerprint density at radius 1 is 1.47 bits per heavy atom. The maximum Gasteiger partial charge on any atom is 0.313 e. The van der Waals surface area contributed by atoms with Crippen molar-refractivity contribution < 1.29 is 9.53 Å². The molecule has 0 amide bonds. The van der Waals surface area contributed by atoms with E-state index in [1.54, 1.807) is 0 Å². The van der Waals surface area contributed by atoms with Gasteiger partial charge in [-0.1, -0.05) is 6.92 Å². The van der Waals surface area contributed by atoms with Gasteiger partial charge < -0.3 is 10.5 Å². The van der Waals surface area contributed by atoms with E-state index in [1.165, 1.54) is 0 Å². The summed E-state index contributed by atoms with van der Waals surface area (Å²) in [4.78, 5) is 12.0. The number of hydrogen-bond acceptors (Lipinski definition) is 3. The minimum Gasteiger partial charge on any atom is -0.460 e. The molecule has 0 aromatic carbocycles. The molecule has 1 aliphatic rings. The highest BCUT2D eigenvalue weighted by molar-refractivity contribution is 5.78. The molecule has 0 aromatic heterocycles. The van der Waals surface area contributed by atoms with E-state index in [9.17, 15) is 4.79 Å². The van der Waals surface area contributed by atoms with Crippen LogP contribution in [0.3, 0.4) is 0 Å². The van der Waals surface area contributed by atoms with Crippen LogP contribution in [0.1, 0.15) is 47.5 Å². The van der Waals surface area contributed by atoms with Crippen molar-refractivity contribution in [2.24, 2.45) is 17.1 Å². The molecule has 3 heteroatoms. The summed E-state index contributed by atoms with van der Waals surface area (Å²) in [6, 6.07) is -0.0673. The Labute approximate surface area is 92.4 Å². The van der Waals surface area contributed by atoms with Gasteiger partial charge in [-0.2, -0.15) is 0 Å². The highest BCUT2D eigenvalue weighted by Crippen LogP contribution is 2.42. The lowest BCUT2D eigenvalue weighted by Gasteiger charge is -2.31. The lowest BCUT2D eigenvalue weighted by molar-refractivity contribution is -0.167. The van der Waals surface area contributed by atoms with Gasteiger partial charge in [0.2, 0.25) is 0 Å². The second-order valence-corrected chi connectivity index (χ2v) is 6.07. The molecule has 1 aliphatic carbocycles. The van der Waals surface area contributed by atoms with Crippen LogP contribution in [0.5, 0.6) is 0 Å². The molecule has 0 spiro atoms. The molecular formula is C12H23NO2. The fourth-order valence-electron chi connectivity index (χ4n) is 2.28. The van der Waals surface area contributed by atoms with Crippen LogP contribution in [-0.4, -0.2) is 17.6 Å². The SMILES string of the molecule is CC1CC(N)C(C)(C(=O)OC(C)(C)C)C1. The van der Waals surface area contributed by atoms with Gasteiger partial charge in [0.25, 0.3) is 0 Å². The van der Waals surface area contributed by atoms with E-state index in [0.29, 0.717) is 5.92 Å². The van der Waals surface area contributed by atoms with E-state index in [1.807, 2.05) is 27.7 Å². The van der Waals surface area contributed by atoms with Crippen molar-refractivity contribution >= 4 is 5.97 Å². The predicted octanol–water partition coefficient (Wildman–Crippen LogP) is 2.09. The van der Waals surface area contributed by atoms with E-state index >= 15 is 0 Å². The van der Waals surface area contributed by atoms with Crippen LogP contribution in [0, 0.1) is 11.3 Å². The highest BCUT2D eigenvalue weighted by Gasteiger charge is 2.48. The van der Waals surface area contributed by atoms with Crippen LogP contribution in [-0.2, 0) is 9.53 Å². The third-order valence-electron chi connectivity index (χ3n) is 3.11. The second kappa shape index (κ2) is 3.78. The summed E-state index contributed by atoms with van der Waals surface area (Å²) in [5, 5.41) is 0. The predicted molar refractivity (Wildman–Crippen MR) is 60.3 cm³/mol. The van der Waals surface area contributed by atoms with E-state index in [0.717, 1.165) is 12.8 Å². The van der Waals surface area contributed by atoms with Gasteiger partial charge in [-0.05, 0) is 46.5 Å². The third-order valence-corrected chi connectivity index (χ3v) is 3.11. The fraction of sp³-hybridized carbons (Fsp3) is 0.917. The average molecular weight is 213 g/mol. The summed E-state index contributed by atoms with van der Waals surface area (Å²) in [5.74, 6) is 0.365. The quantitative estimate of drug-likeness (QED) is 0.679. The number of carbonyl (C=O) groups is 1. The largest absolute Gasteiger partial charge is 0.460 e. The Morgan fingerprint density at radius 2 is 2.00 bits per heavy atom. The second-order valence-electron chi connectivity index (χ2n) is 6.07. The van der Waals surface area contributed by atoms with Crippen LogP contribution in [0.2, 0.25) is 0 Å². The average Bonchev–Trinajstić information content (AvgIpc) is 2.23. The first-order valence-corrected chi connectivity index (χ1v) is 5.64. The standard InChI is InChI=1S/C12H23NO2/c1-8-6-9(13)12(5,7-8)10(14)15-11(2,3)4/h8-9H,6-7,13H2,1-5H3. The number of rotatable bonds is 1. The molecule has 0 aromatic rings. The summed E-state index contributed by atoms with van der Waals surface area (Å²) in [5.41, 5.74) is 5.10. The summed E-state index contributed by atoms with van der Waals surface area (Å²) in [6.45, 7) is 9.72. The summed E-state index contributed by atoms with van der Waals surface area (Å²) in [7, 11) is 0. The molecule has 15 heavy (non-hydrogen) atoms. The van der Waals surface area contributed by atoms with Gasteiger partial charge >= 0.3 is 5.97 Å². The number of esters is 1. The minimum atomic E-state index is -0.493. The van der Waals surface area contributed by atoms with Gasteiger partial charge in [-0.25, -0.2) is 0 Å². The molecule has 0 bridgehead atoms. The van der Waals surface area contributed by atoms with Gasteiger partial charge in [-0.15, -0.1) is 0 Å². The third kappa shape index (κ3) is 2.71. The molecule has 3 atom stereocenters. The van der Waals surface area contributed by atoms with Gasteiger partial charge in [0, 0.05) is 6.04 Å². The Kier molecular flexibility index (Phi) is 3.15. The Balaban J connectivity index is 2.74. The molecule has 1 saturated carbocycles. The Morgan fingerprint density at radius 3 is 2.33 bits per heavy atom. The van der Waals surface area contributed by atoms with Crippen molar-refractivity contribution in [1.29, 1.82) is 0 Å². The fourth-order valence-corrected chi connectivity index (χ4v) is 2.28. The Bertz CT molecular complexity index is 257. The maximum absolute atomic E-state index is 12.0. The van der Waals surface area contributed by atoms with Crippen molar-refractivity contribution in [2.75, 3.05) is 0 Å². The van der Waals surface area contributed by atoms with E-state index < -0.39 is 11.0 Å².